The lowest BCUT2D eigenvalue weighted by Crippen LogP contribution is -2.08. The van der Waals surface area contributed by atoms with E-state index >= 15 is 0 Å². The average Bonchev–Trinajstić information content (AvgIpc) is 2.54. The number of carbonyl (C=O) groups is 2. The molecule has 0 unspecified atom stereocenters. The van der Waals surface area contributed by atoms with E-state index in [-0.39, 0.29) is 0 Å². The summed E-state index contributed by atoms with van der Waals surface area (Å²) in [5.41, 5.74) is 3.09. The number of benzene rings is 2. The smallest absolute Gasteiger partial charge is 0.328 e. The van der Waals surface area contributed by atoms with Crippen LogP contribution >= 0.6 is 0 Å². The summed E-state index contributed by atoms with van der Waals surface area (Å²) in [6.07, 6.45) is 1.73. The normalized spacial score (nSPS) is 11.0. The summed E-state index contributed by atoms with van der Waals surface area (Å²) in [5.74, 6) is -1.69. The molecular weight excluding hydrogens is 294 g/mol. The number of azo groups is 1. The van der Waals surface area contributed by atoms with Crippen LogP contribution in [0.5, 0.6) is 0 Å². The molecule has 0 aliphatic heterocycles. The van der Waals surface area contributed by atoms with Crippen LogP contribution in [0.2, 0.25) is 0 Å². The van der Waals surface area contributed by atoms with Crippen LogP contribution in [0.4, 0.5) is 17.1 Å². The van der Waals surface area contributed by atoms with Crippen LogP contribution in [0, 0.1) is 6.92 Å². The zero-order chi connectivity index (χ0) is 16.7. The Morgan fingerprint density at radius 3 is 1.96 bits per heavy atom. The molecule has 0 saturated carbocycles. The molecule has 6 nitrogen and oxygen atoms in total. The quantitative estimate of drug-likeness (QED) is 0.646. The van der Waals surface area contributed by atoms with Crippen molar-refractivity contribution in [2.24, 2.45) is 10.2 Å². The SMILES string of the molecule is Cc1ccc(N=Nc2ccc(NC(=O)/C=C/C(=O)O)cc2)cc1. The number of carboxylic acids is 1. The maximum atomic E-state index is 11.4. The van der Waals surface area contributed by atoms with Crippen LogP contribution in [0.3, 0.4) is 0 Å². The lowest BCUT2D eigenvalue weighted by atomic mass is 10.2. The van der Waals surface area contributed by atoms with Crippen LogP contribution in [0.1, 0.15) is 5.56 Å². The van der Waals surface area contributed by atoms with Gasteiger partial charge in [-0.15, -0.1) is 0 Å². The van der Waals surface area contributed by atoms with E-state index < -0.39 is 11.9 Å². The van der Waals surface area contributed by atoms with Gasteiger partial charge in [0.2, 0.25) is 5.91 Å². The van der Waals surface area contributed by atoms with Gasteiger partial charge in [0, 0.05) is 17.8 Å². The van der Waals surface area contributed by atoms with Gasteiger partial charge in [-0.3, -0.25) is 4.79 Å². The maximum absolute atomic E-state index is 11.4. The predicted octanol–water partition coefficient (Wildman–Crippen LogP) is 3.99. The van der Waals surface area contributed by atoms with E-state index in [4.69, 9.17) is 5.11 Å². The molecule has 0 fully saturated rings. The second kappa shape index (κ2) is 7.65. The lowest BCUT2D eigenvalue weighted by Gasteiger charge is -2.01. The second-order valence-corrected chi connectivity index (χ2v) is 4.74. The third-order valence-corrected chi connectivity index (χ3v) is 2.83. The lowest BCUT2D eigenvalue weighted by molar-refractivity contribution is -0.131. The van der Waals surface area contributed by atoms with Gasteiger partial charge in [0.1, 0.15) is 0 Å². The third-order valence-electron chi connectivity index (χ3n) is 2.83. The summed E-state index contributed by atoms with van der Waals surface area (Å²) in [6.45, 7) is 2.00. The highest BCUT2D eigenvalue weighted by Crippen LogP contribution is 2.20. The van der Waals surface area contributed by atoms with E-state index in [2.05, 4.69) is 15.5 Å². The standard InChI is InChI=1S/C17H15N3O3/c1-12-2-4-14(5-3-12)19-20-15-8-6-13(7-9-15)18-16(21)10-11-17(22)23/h2-11H,1H3,(H,18,21)(H,22,23)/b11-10+,20-19?. The van der Waals surface area contributed by atoms with Gasteiger partial charge in [-0.1, -0.05) is 17.7 Å². The van der Waals surface area contributed by atoms with Crippen LogP contribution in [-0.2, 0) is 9.59 Å². The van der Waals surface area contributed by atoms with Crippen molar-refractivity contribution >= 4 is 28.9 Å². The van der Waals surface area contributed by atoms with E-state index in [1.807, 2.05) is 31.2 Å². The Kier molecular flexibility index (Phi) is 5.35. The minimum absolute atomic E-state index is 0.513. The molecule has 2 N–H and O–H groups in total. The summed E-state index contributed by atoms with van der Waals surface area (Å²) in [7, 11) is 0. The van der Waals surface area contributed by atoms with Crippen molar-refractivity contribution in [1.29, 1.82) is 0 Å². The van der Waals surface area contributed by atoms with Crippen LogP contribution in [0.25, 0.3) is 0 Å². The van der Waals surface area contributed by atoms with Crippen molar-refractivity contribution in [2.45, 2.75) is 6.92 Å². The molecule has 23 heavy (non-hydrogen) atoms. The Morgan fingerprint density at radius 1 is 0.913 bits per heavy atom. The summed E-state index contributed by atoms with van der Waals surface area (Å²) >= 11 is 0. The van der Waals surface area contributed by atoms with Crippen LogP contribution < -0.4 is 5.32 Å². The van der Waals surface area contributed by atoms with E-state index in [1.165, 1.54) is 0 Å². The first-order chi connectivity index (χ1) is 11.0. The van der Waals surface area contributed by atoms with Crippen LogP contribution in [0.15, 0.2) is 70.9 Å². The third kappa shape index (κ3) is 5.55. The highest BCUT2D eigenvalue weighted by Gasteiger charge is 1.99. The summed E-state index contributed by atoms with van der Waals surface area (Å²) < 4.78 is 0. The van der Waals surface area contributed by atoms with Crippen molar-refractivity contribution < 1.29 is 14.7 Å². The van der Waals surface area contributed by atoms with E-state index in [9.17, 15) is 9.59 Å². The van der Waals surface area contributed by atoms with Crippen molar-refractivity contribution in [1.82, 2.24) is 0 Å². The molecule has 2 aromatic rings. The first kappa shape index (κ1) is 16.1. The number of nitrogens with one attached hydrogen (secondary N) is 1. The van der Waals surface area contributed by atoms with Gasteiger partial charge in [-0.05, 0) is 43.3 Å². The number of hydrogen-bond acceptors (Lipinski definition) is 4. The van der Waals surface area contributed by atoms with Crippen molar-refractivity contribution in [2.75, 3.05) is 5.32 Å². The Bertz CT molecular complexity index is 748. The van der Waals surface area contributed by atoms with E-state index in [0.29, 0.717) is 11.4 Å². The molecule has 1 amide bonds. The monoisotopic (exact) mass is 309 g/mol. The Morgan fingerprint density at radius 2 is 1.43 bits per heavy atom. The summed E-state index contributed by atoms with van der Waals surface area (Å²) in [4.78, 5) is 21.8. The fourth-order valence-corrected chi connectivity index (χ4v) is 1.67. The molecule has 2 rings (SSSR count). The minimum Gasteiger partial charge on any atom is -0.478 e. The van der Waals surface area contributed by atoms with Gasteiger partial charge < -0.3 is 10.4 Å². The first-order valence-corrected chi connectivity index (χ1v) is 6.83. The van der Waals surface area contributed by atoms with Gasteiger partial charge in [0.25, 0.3) is 0 Å². The molecule has 0 saturated heterocycles. The molecule has 2 aromatic carbocycles. The Labute approximate surface area is 133 Å². The van der Waals surface area contributed by atoms with Gasteiger partial charge in [-0.2, -0.15) is 10.2 Å². The molecule has 0 atom stereocenters. The van der Waals surface area contributed by atoms with Crippen molar-refractivity contribution in [3.8, 4) is 0 Å². The number of aliphatic carboxylic acids is 1. The number of nitrogens with zero attached hydrogens (tertiary/aromatic N) is 2. The first-order valence-electron chi connectivity index (χ1n) is 6.83. The van der Waals surface area contributed by atoms with Gasteiger partial charge in [0.15, 0.2) is 0 Å². The minimum atomic E-state index is -1.17. The highest BCUT2D eigenvalue weighted by atomic mass is 16.4. The van der Waals surface area contributed by atoms with E-state index in [0.717, 1.165) is 23.4 Å². The predicted molar refractivity (Wildman–Crippen MR) is 87.2 cm³/mol. The topological polar surface area (TPSA) is 91.1 Å². The van der Waals surface area contributed by atoms with Crippen molar-refractivity contribution in [3.05, 3.63) is 66.2 Å². The fraction of sp³-hybridized carbons (Fsp3) is 0.0588. The van der Waals surface area contributed by atoms with E-state index in [1.54, 1.807) is 24.3 Å². The molecule has 0 heterocycles. The summed E-state index contributed by atoms with van der Waals surface area (Å²) in [6, 6.07) is 14.4. The number of aryl methyl sites for hydroxylation is 1. The number of hydrogen-bond donors (Lipinski definition) is 2. The summed E-state index contributed by atoms with van der Waals surface area (Å²) in [5, 5.41) is 19.2. The molecule has 0 radical (unpaired) electrons. The molecule has 116 valence electrons. The molecular formula is C17H15N3O3. The Hall–Kier alpha value is -3.28. The zero-order valence-corrected chi connectivity index (χ0v) is 12.4. The number of carbonyl (C=O) groups excluding carboxylic acids is 1. The molecule has 0 spiro atoms. The molecule has 0 aliphatic rings. The maximum Gasteiger partial charge on any atom is 0.328 e. The number of anilines is 1. The second-order valence-electron chi connectivity index (χ2n) is 4.74. The van der Waals surface area contributed by atoms with Crippen molar-refractivity contribution in [3.63, 3.8) is 0 Å². The zero-order valence-electron chi connectivity index (χ0n) is 12.4. The van der Waals surface area contributed by atoms with Crippen LogP contribution in [-0.4, -0.2) is 17.0 Å². The average molecular weight is 309 g/mol. The molecule has 6 heteroatoms. The highest BCUT2D eigenvalue weighted by molar-refractivity contribution is 6.02. The van der Waals surface area contributed by atoms with Gasteiger partial charge in [-0.25, -0.2) is 4.79 Å². The van der Waals surface area contributed by atoms with Gasteiger partial charge in [0.05, 0.1) is 11.4 Å². The largest absolute Gasteiger partial charge is 0.478 e. The fourth-order valence-electron chi connectivity index (χ4n) is 1.67. The number of amides is 1. The molecule has 0 aliphatic carbocycles. The van der Waals surface area contributed by atoms with Gasteiger partial charge >= 0.3 is 5.97 Å². The molecule has 0 aromatic heterocycles. The number of carboxylic acid groups (broad SMARTS) is 1. The Balaban J connectivity index is 1.98. The molecule has 0 bridgehead atoms. The number of rotatable bonds is 5.